The van der Waals surface area contributed by atoms with Crippen LogP contribution in [0.1, 0.15) is 67.2 Å². The van der Waals surface area contributed by atoms with Crippen LogP contribution in [0.2, 0.25) is 15.6 Å². The quantitative estimate of drug-likeness (QED) is 0.423. The van der Waals surface area contributed by atoms with Crippen LogP contribution in [0.15, 0.2) is 22.2 Å². The van der Waals surface area contributed by atoms with Gasteiger partial charge in [0.15, 0.2) is 0 Å². The van der Waals surface area contributed by atoms with Gasteiger partial charge in [-0.1, -0.05) is 84.0 Å². The molecule has 1 saturated carbocycles. The van der Waals surface area contributed by atoms with E-state index in [1.54, 1.807) is 0 Å². The number of carbonyl (C=O) groups excluding carboxylic acids is 1. The zero-order valence-corrected chi connectivity index (χ0v) is 18.7. The van der Waals surface area contributed by atoms with Crippen molar-refractivity contribution in [1.29, 1.82) is 0 Å². The van der Waals surface area contributed by atoms with Gasteiger partial charge in [0.1, 0.15) is 0 Å². The molecule has 0 amide bonds. The summed E-state index contributed by atoms with van der Waals surface area (Å²) in [4.78, 5) is 12.1. The van der Waals surface area contributed by atoms with Crippen LogP contribution in [0.25, 0.3) is 0 Å². The third-order valence-corrected chi connectivity index (χ3v) is 14.0. The molecule has 2 nitrogen and oxygen atoms in total. The van der Waals surface area contributed by atoms with Gasteiger partial charge in [-0.3, -0.25) is 4.79 Å². The van der Waals surface area contributed by atoms with Crippen molar-refractivity contribution in [2.24, 2.45) is 5.92 Å². The molecule has 0 N–H and O–H groups in total. The summed E-state index contributed by atoms with van der Waals surface area (Å²) in [5, 5.41) is 0.586. The van der Waals surface area contributed by atoms with Gasteiger partial charge in [0, 0.05) is 0 Å². The van der Waals surface area contributed by atoms with E-state index in [-0.39, 0.29) is 25.9 Å². The largest absolute Gasteiger partial charge is 0.403 e. The van der Waals surface area contributed by atoms with E-state index in [4.69, 9.17) is 27.6 Å². The third kappa shape index (κ3) is 2.72. The van der Waals surface area contributed by atoms with Crippen molar-refractivity contribution >= 4 is 37.3 Å². The molecule has 0 aromatic heterocycles. The first kappa shape index (κ1) is 19.7. The third-order valence-electron chi connectivity index (χ3n) is 6.57. The summed E-state index contributed by atoms with van der Waals surface area (Å²) in [7, 11) is -2.26. The molecule has 1 spiro atoms. The Morgan fingerprint density at radius 1 is 1.00 bits per heavy atom. The van der Waals surface area contributed by atoms with Crippen molar-refractivity contribution in [3.05, 3.63) is 22.2 Å². The van der Waals surface area contributed by atoms with E-state index in [1.165, 1.54) is 19.3 Å². The summed E-state index contributed by atoms with van der Waals surface area (Å²) in [6.45, 7) is 14.0. The fourth-order valence-electron chi connectivity index (χ4n) is 6.09. The molecule has 140 valence electrons. The smallest absolute Gasteiger partial charge is 0.215 e. The highest BCUT2D eigenvalue weighted by Gasteiger charge is 2.71. The molecule has 1 aliphatic heterocycles. The lowest BCUT2D eigenvalue weighted by Gasteiger charge is -2.52. The summed E-state index contributed by atoms with van der Waals surface area (Å²) in [5.74, 6) is 0.0811. The molecule has 0 aromatic carbocycles. The first-order chi connectivity index (χ1) is 11.4. The first-order valence-electron chi connectivity index (χ1n) is 9.37. The number of rotatable bonds is 0. The standard InChI is InChI=1S/C20H30Cl2O2Si/c1-18(2,3)25(19(4,5)6)16-10-8-7-9-13(16)20(24-25)11-14(21)17(23)15(22)12-20/h11-13,16H,7-10H2,1-6H3/t13-,16+/m0/s1. The Morgan fingerprint density at radius 3 is 1.96 bits per heavy atom. The highest BCUT2D eigenvalue weighted by atomic mass is 35.5. The molecule has 0 radical (unpaired) electrons. The molecule has 1 saturated heterocycles. The van der Waals surface area contributed by atoms with Gasteiger partial charge in [0.25, 0.3) is 0 Å². The van der Waals surface area contributed by atoms with Crippen LogP contribution in [0.3, 0.4) is 0 Å². The molecule has 2 atom stereocenters. The zero-order chi connectivity index (χ0) is 18.8. The molecule has 3 rings (SSSR count). The lowest BCUT2D eigenvalue weighted by atomic mass is 9.75. The average molecular weight is 401 g/mol. The Bertz CT molecular complexity index is 616. The molecule has 2 aliphatic carbocycles. The highest BCUT2D eigenvalue weighted by Crippen LogP contribution is 2.70. The minimum atomic E-state index is -2.26. The number of halogens is 2. The normalized spacial score (nSPS) is 31.6. The zero-order valence-electron chi connectivity index (χ0n) is 16.2. The van der Waals surface area contributed by atoms with Gasteiger partial charge in [-0.2, -0.15) is 0 Å². The predicted octanol–water partition coefficient (Wildman–Crippen LogP) is 6.69. The van der Waals surface area contributed by atoms with Gasteiger partial charge in [-0.05, 0) is 40.1 Å². The lowest BCUT2D eigenvalue weighted by Crippen LogP contribution is -2.56. The minimum absolute atomic E-state index is 0.0805. The van der Waals surface area contributed by atoms with Crippen LogP contribution in [0.5, 0.6) is 0 Å². The van der Waals surface area contributed by atoms with E-state index in [0.717, 1.165) is 6.42 Å². The second-order valence-corrected chi connectivity index (χ2v) is 16.2. The van der Waals surface area contributed by atoms with E-state index < -0.39 is 13.9 Å². The first-order valence-corrected chi connectivity index (χ1v) is 12.1. The highest BCUT2D eigenvalue weighted by molar-refractivity contribution is 6.81. The number of Topliss-reactive ketones (excluding diaryl/α,β-unsaturated/α-hetero) is 1. The van der Waals surface area contributed by atoms with Crippen LogP contribution >= 0.6 is 23.2 Å². The molecule has 25 heavy (non-hydrogen) atoms. The van der Waals surface area contributed by atoms with E-state index in [2.05, 4.69) is 41.5 Å². The Hall–Kier alpha value is -0.0931. The van der Waals surface area contributed by atoms with Gasteiger partial charge in [-0.15, -0.1) is 0 Å². The van der Waals surface area contributed by atoms with Crippen LogP contribution in [-0.2, 0) is 9.22 Å². The second kappa shape index (κ2) is 5.95. The summed E-state index contributed by atoms with van der Waals surface area (Å²) < 4.78 is 7.21. The van der Waals surface area contributed by atoms with Crippen molar-refractivity contribution in [3.63, 3.8) is 0 Å². The van der Waals surface area contributed by atoms with Crippen LogP contribution in [-0.4, -0.2) is 19.7 Å². The van der Waals surface area contributed by atoms with Crippen LogP contribution in [0, 0.1) is 5.92 Å². The maximum Gasteiger partial charge on any atom is 0.215 e. The molecule has 3 aliphatic rings. The lowest BCUT2D eigenvalue weighted by molar-refractivity contribution is -0.111. The van der Waals surface area contributed by atoms with Crippen LogP contribution < -0.4 is 0 Å². The van der Waals surface area contributed by atoms with Gasteiger partial charge in [0.05, 0.1) is 15.7 Å². The number of hydrogen-bond donors (Lipinski definition) is 0. The van der Waals surface area contributed by atoms with E-state index in [9.17, 15) is 4.79 Å². The molecule has 2 fully saturated rings. The molecule has 0 aromatic rings. The Kier molecular flexibility index (Phi) is 4.68. The Morgan fingerprint density at radius 2 is 1.48 bits per heavy atom. The molecule has 0 unspecified atom stereocenters. The fourth-order valence-corrected chi connectivity index (χ4v) is 14.4. The Labute approximate surface area is 163 Å². The average Bonchev–Trinajstić information content (AvgIpc) is 2.76. The topological polar surface area (TPSA) is 26.3 Å². The van der Waals surface area contributed by atoms with Gasteiger partial charge in [-0.25, -0.2) is 0 Å². The van der Waals surface area contributed by atoms with Gasteiger partial charge in [0.2, 0.25) is 14.1 Å². The van der Waals surface area contributed by atoms with E-state index in [0.29, 0.717) is 11.5 Å². The number of ketones is 1. The maximum atomic E-state index is 12.1. The SMILES string of the molecule is CC(C)(C)[Si]1(C(C)(C)C)OC2(C=C(Cl)C(=O)C(Cl)=C2)[C@H]2CCCC[C@H]21. The molecule has 5 heteroatoms. The van der Waals surface area contributed by atoms with Gasteiger partial charge >= 0.3 is 0 Å². The fraction of sp³-hybridized carbons (Fsp3) is 0.750. The molecular weight excluding hydrogens is 371 g/mol. The van der Waals surface area contributed by atoms with Crippen molar-refractivity contribution in [1.82, 2.24) is 0 Å². The number of hydrogen-bond acceptors (Lipinski definition) is 2. The number of allylic oxidation sites excluding steroid dienone is 2. The molecule has 0 bridgehead atoms. The number of carbonyl (C=O) groups is 1. The molecular formula is C20H30Cl2O2Si. The predicted molar refractivity (Wildman–Crippen MR) is 108 cm³/mol. The van der Waals surface area contributed by atoms with E-state index >= 15 is 0 Å². The van der Waals surface area contributed by atoms with Crippen molar-refractivity contribution in [2.45, 2.75) is 88.4 Å². The molecule has 1 heterocycles. The van der Waals surface area contributed by atoms with E-state index in [1.807, 2.05) is 12.2 Å². The van der Waals surface area contributed by atoms with Crippen molar-refractivity contribution in [3.8, 4) is 0 Å². The second-order valence-electron chi connectivity index (χ2n) is 10.0. The summed E-state index contributed by atoms with van der Waals surface area (Å²) >= 11 is 12.6. The maximum absolute atomic E-state index is 12.1. The summed E-state index contributed by atoms with van der Waals surface area (Å²) in [6, 6.07) is 0. The van der Waals surface area contributed by atoms with Crippen molar-refractivity contribution < 1.29 is 9.22 Å². The summed E-state index contributed by atoms with van der Waals surface area (Å²) in [6.07, 6.45) is 8.53. The van der Waals surface area contributed by atoms with Crippen molar-refractivity contribution in [2.75, 3.05) is 0 Å². The summed E-state index contributed by atoms with van der Waals surface area (Å²) in [5.41, 5.74) is -0.0594. The van der Waals surface area contributed by atoms with Crippen LogP contribution in [0.4, 0.5) is 0 Å². The monoisotopic (exact) mass is 400 g/mol. The Balaban J connectivity index is 2.24. The number of fused-ring (bicyclic) bond motifs is 2. The minimum Gasteiger partial charge on any atom is -0.403 e. The van der Waals surface area contributed by atoms with Gasteiger partial charge < -0.3 is 4.43 Å².